The zero-order chi connectivity index (χ0) is 10.8. The summed E-state index contributed by atoms with van der Waals surface area (Å²) in [5, 5.41) is 7.32. The second-order valence-electron chi connectivity index (χ2n) is 3.46. The van der Waals surface area contributed by atoms with E-state index in [1.165, 1.54) is 4.90 Å². The Bertz CT molecular complexity index is 206. The molecule has 0 aromatic heterocycles. The third-order valence-electron chi connectivity index (χ3n) is 2.25. The van der Waals surface area contributed by atoms with Crippen LogP contribution in [0.1, 0.15) is 6.92 Å². The van der Waals surface area contributed by atoms with E-state index >= 15 is 0 Å². The lowest BCUT2D eigenvalue weighted by molar-refractivity contribution is -0.148. The fourth-order valence-electron chi connectivity index (χ4n) is 1.49. The Balaban J connectivity index is 2.33. The van der Waals surface area contributed by atoms with Crippen LogP contribution in [-0.2, 0) is 0 Å². The highest BCUT2D eigenvalue weighted by atomic mass is 19.4. The zero-order valence-corrected chi connectivity index (χ0v) is 8.06. The predicted octanol–water partition coefficient (Wildman–Crippen LogP) is 1.16. The van der Waals surface area contributed by atoms with Crippen molar-refractivity contribution < 1.29 is 13.2 Å². The van der Waals surface area contributed by atoms with Crippen LogP contribution in [0.2, 0.25) is 0 Å². The highest BCUT2D eigenvalue weighted by Crippen LogP contribution is 2.17. The lowest BCUT2D eigenvalue weighted by Gasteiger charge is -2.35. The Kier molecular flexibility index (Phi) is 3.36. The molecule has 1 fully saturated rings. The number of alkyl halides is 3. The van der Waals surface area contributed by atoms with E-state index in [2.05, 4.69) is 0 Å². The standard InChI is InChI=1S/C8H14F3N3/c1-7(12)14-4-2-13(3-5-14)6-8(9,10)11/h12H,2-6H2,1H3. The molecule has 3 nitrogen and oxygen atoms in total. The molecule has 14 heavy (non-hydrogen) atoms. The molecule has 1 rings (SSSR count). The van der Waals surface area contributed by atoms with Gasteiger partial charge in [-0.1, -0.05) is 0 Å². The van der Waals surface area contributed by atoms with Crippen LogP contribution >= 0.6 is 0 Å². The van der Waals surface area contributed by atoms with Crippen molar-refractivity contribution in [2.75, 3.05) is 32.7 Å². The number of halogens is 3. The van der Waals surface area contributed by atoms with Crippen LogP contribution < -0.4 is 0 Å². The Morgan fingerprint density at radius 1 is 1.21 bits per heavy atom. The van der Waals surface area contributed by atoms with Gasteiger partial charge in [0.25, 0.3) is 0 Å². The number of nitrogens with one attached hydrogen (secondary N) is 1. The largest absolute Gasteiger partial charge is 0.401 e. The first-order valence-electron chi connectivity index (χ1n) is 4.48. The van der Waals surface area contributed by atoms with E-state index < -0.39 is 12.7 Å². The zero-order valence-electron chi connectivity index (χ0n) is 8.06. The minimum absolute atomic E-state index is 0.385. The average Bonchev–Trinajstić information content (AvgIpc) is 2.02. The van der Waals surface area contributed by atoms with Crippen LogP contribution in [0, 0.1) is 5.41 Å². The molecule has 0 bridgehead atoms. The van der Waals surface area contributed by atoms with E-state index in [9.17, 15) is 13.2 Å². The van der Waals surface area contributed by atoms with Crippen LogP contribution in [-0.4, -0.2) is 54.5 Å². The van der Waals surface area contributed by atoms with Gasteiger partial charge in [-0.2, -0.15) is 13.2 Å². The Hall–Kier alpha value is -0.780. The SMILES string of the molecule is CC(=N)N1CCN(CC(F)(F)F)CC1. The molecule has 0 radical (unpaired) electrons. The van der Waals surface area contributed by atoms with Crippen molar-refractivity contribution in [3.05, 3.63) is 0 Å². The van der Waals surface area contributed by atoms with Gasteiger partial charge in [-0.3, -0.25) is 10.3 Å². The van der Waals surface area contributed by atoms with E-state index in [1.807, 2.05) is 0 Å². The van der Waals surface area contributed by atoms with Gasteiger partial charge in [0.1, 0.15) is 0 Å². The van der Waals surface area contributed by atoms with Gasteiger partial charge in [-0.05, 0) is 6.92 Å². The summed E-state index contributed by atoms with van der Waals surface area (Å²) in [6, 6.07) is 0. The van der Waals surface area contributed by atoms with Crippen LogP contribution in [0.25, 0.3) is 0 Å². The van der Waals surface area contributed by atoms with Crippen molar-refractivity contribution in [3.8, 4) is 0 Å². The Labute approximate surface area is 81.0 Å². The van der Waals surface area contributed by atoms with E-state index in [1.54, 1.807) is 11.8 Å². The highest BCUT2D eigenvalue weighted by molar-refractivity contribution is 5.76. The first-order valence-corrected chi connectivity index (χ1v) is 4.48. The fraction of sp³-hybridized carbons (Fsp3) is 0.875. The molecular weight excluding hydrogens is 195 g/mol. The number of piperazine rings is 1. The molecule has 82 valence electrons. The summed E-state index contributed by atoms with van der Waals surface area (Å²) in [4.78, 5) is 3.16. The van der Waals surface area contributed by atoms with Crippen LogP contribution in [0.4, 0.5) is 13.2 Å². The number of hydrogen-bond acceptors (Lipinski definition) is 2. The first-order chi connectivity index (χ1) is 6.38. The summed E-state index contributed by atoms with van der Waals surface area (Å²) in [5.41, 5.74) is 0. The fourth-order valence-corrected chi connectivity index (χ4v) is 1.49. The number of rotatable bonds is 1. The molecule has 6 heteroatoms. The third-order valence-corrected chi connectivity index (χ3v) is 2.25. The molecule has 0 amide bonds. The van der Waals surface area contributed by atoms with Crippen molar-refractivity contribution in [2.24, 2.45) is 0 Å². The molecular formula is C8H14F3N3. The van der Waals surface area contributed by atoms with Crippen molar-refractivity contribution in [1.29, 1.82) is 5.41 Å². The summed E-state index contributed by atoms with van der Waals surface area (Å²) in [7, 11) is 0. The topological polar surface area (TPSA) is 30.3 Å². The summed E-state index contributed by atoms with van der Waals surface area (Å²) in [6.45, 7) is 2.62. The Morgan fingerprint density at radius 3 is 2.07 bits per heavy atom. The van der Waals surface area contributed by atoms with E-state index in [4.69, 9.17) is 5.41 Å². The minimum atomic E-state index is -4.11. The van der Waals surface area contributed by atoms with Gasteiger partial charge in [0.2, 0.25) is 0 Å². The van der Waals surface area contributed by atoms with Crippen molar-refractivity contribution in [2.45, 2.75) is 13.1 Å². The number of amidine groups is 1. The highest BCUT2D eigenvalue weighted by Gasteiger charge is 2.32. The molecule has 0 aromatic carbocycles. The van der Waals surface area contributed by atoms with Crippen molar-refractivity contribution >= 4 is 5.84 Å². The summed E-state index contributed by atoms with van der Waals surface area (Å²) >= 11 is 0. The quantitative estimate of drug-likeness (QED) is 0.519. The first kappa shape index (κ1) is 11.3. The van der Waals surface area contributed by atoms with Gasteiger partial charge in [0, 0.05) is 26.2 Å². The normalized spacial score (nSPS) is 19.9. The maximum atomic E-state index is 12.0. The Morgan fingerprint density at radius 2 is 1.71 bits per heavy atom. The van der Waals surface area contributed by atoms with Crippen molar-refractivity contribution in [3.63, 3.8) is 0 Å². The maximum Gasteiger partial charge on any atom is 0.401 e. The summed E-state index contributed by atoms with van der Waals surface area (Å²) in [5.74, 6) is 0.427. The third kappa shape index (κ3) is 3.53. The summed E-state index contributed by atoms with van der Waals surface area (Å²) < 4.78 is 36.0. The lowest BCUT2D eigenvalue weighted by Crippen LogP contribution is -2.50. The van der Waals surface area contributed by atoms with Gasteiger partial charge in [-0.25, -0.2) is 0 Å². The van der Waals surface area contributed by atoms with E-state index in [0.29, 0.717) is 32.0 Å². The van der Waals surface area contributed by atoms with Crippen LogP contribution in [0.5, 0.6) is 0 Å². The van der Waals surface area contributed by atoms with Gasteiger partial charge >= 0.3 is 6.18 Å². The van der Waals surface area contributed by atoms with Gasteiger partial charge < -0.3 is 4.90 Å². The number of nitrogens with zero attached hydrogens (tertiary/aromatic N) is 2. The molecule has 0 aromatic rings. The second kappa shape index (κ2) is 4.16. The molecule has 0 unspecified atom stereocenters. The molecule has 1 aliphatic heterocycles. The molecule has 0 atom stereocenters. The summed E-state index contributed by atoms with van der Waals surface area (Å²) in [6.07, 6.45) is -4.11. The smallest absolute Gasteiger partial charge is 0.358 e. The molecule has 1 heterocycles. The van der Waals surface area contributed by atoms with Gasteiger partial charge in [-0.15, -0.1) is 0 Å². The molecule has 1 saturated heterocycles. The molecule has 0 spiro atoms. The van der Waals surface area contributed by atoms with E-state index in [-0.39, 0.29) is 0 Å². The van der Waals surface area contributed by atoms with Gasteiger partial charge in [0.15, 0.2) is 0 Å². The number of hydrogen-bond donors (Lipinski definition) is 1. The lowest BCUT2D eigenvalue weighted by atomic mass is 10.3. The van der Waals surface area contributed by atoms with Crippen LogP contribution in [0.15, 0.2) is 0 Å². The molecule has 1 N–H and O–H groups in total. The minimum Gasteiger partial charge on any atom is -0.358 e. The second-order valence-corrected chi connectivity index (χ2v) is 3.46. The maximum absolute atomic E-state index is 12.0. The molecule has 0 saturated carbocycles. The molecule has 0 aliphatic carbocycles. The predicted molar refractivity (Wildman–Crippen MR) is 47.5 cm³/mol. The van der Waals surface area contributed by atoms with Crippen LogP contribution in [0.3, 0.4) is 0 Å². The van der Waals surface area contributed by atoms with Gasteiger partial charge in [0.05, 0.1) is 12.4 Å². The van der Waals surface area contributed by atoms with E-state index in [0.717, 1.165) is 0 Å². The average molecular weight is 209 g/mol. The van der Waals surface area contributed by atoms with Crippen molar-refractivity contribution in [1.82, 2.24) is 9.80 Å². The monoisotopic (exact) mass is 209 g/mol. The molecule has 1 aliphatic rings.